The summed E-state index contributed by atoms with van der Waals surface area (Å²) in [7, 11) is 0. The summed E-state index contributed by atoms with van der Waals surface area (Å²) >= 11 is 0. The van der Waals surface area contributed by atoms with Gasteiger partial charge >= 0.3 is 0 Å². The van der Waals surface area contributed by atoms with Crippen LogP contribution in [0.1, 0.15) is 44.1 Å². The molecule has 0 heteroatoms. The van der Waals surface area contributed by atoms with Crippen LogP contribution in [0, 0.1) is 6.92 Å². The Morgan fingerprint density at radius 3 is 2.59 bits per heavy atom. The first-order valence-corrected chi connectivity index (χ1v) is 6.63. The monoisotopic (exact) mass is 225 g/mol. The highest BCUT2D eigenvalue weighted by Crippen LogP contribution is 2.28. The third-order valence-corrected chi connectivity index (χ3v) is 3.42. The molecule has 0 saturated heterocycles. The Hall–Kier alpha value is -1.30. The molecule has 0 fully saturated rings. The molecule has 0 aliphatic carbocycles. The van der Waals surface area contributed by atoms with Gasteiger partial charge in [-0.25, -0.2) is 0 Å². The van der Waals surface area contributed by atoms with Gasteiger partial charge in [0.1, 0.15) is 0 Å². The summed E-state index contributed by atoms with van der Waals surface area (Å²) in [6.45, 7) is 6.58. The molecule has 0 spiro atoms. The number of hydrogen-bond donors (Lipinski definition) is 0. The summed E-state index contributed by atoms with van der Waals surface area (Å²) in [4.78, 5) is 0. The Morgan fingerprint density at radius 1 is 1.00 bits per heavy atom. The van der Waals surface area contributed by atoms with Crippen LogP contribution in [0.15, 0.2) is 42.5 Å². The van der Waals surface area contributed by atoms with E-state index in [1.54, 1.807) is 0 Å². The van der Waals surface area contributed by atoms with E-state index in [9.17, 15) is 0 Å². The highest BCUT2D eigenvalue weighted by Gasteiger charge is 2.08. The summed E-state index contributed by atoms with van der Waals surface area (Å²) in [5, 5.41) is 2.70. The van der Waals surface area contributed by atoms with Crippen molar-refractivity contribution >= 4 is 10.8 Å². The van der Waals surface area contributed by atoms with E-state index in [0.717, 1.165) is 0 Å². The van der Waals surface area contributed by atoms with E-state index in [4.69, 9.17) is 0 Å². The molecule has 0 aliphatic rings. The van der Waals surface area contributed by atoms with Crippen molar-refractivity contribution in [1.29, 1.82) is 0 Å². The summed E-state index contributed by atoms with van der Waals surface area (Å²) in [5.41, 5.74) is 1.40. The van der Waals surface area contributed by atoms with Gasteiger partial charge in [-0.2, -0.15) is 0 Å². The summed E-state index contributed by atoms with van der Waals surface area (Å²) < 4.78 is 0. The van der Waals surface area contributed by atoms with Gasteiger partial charge in [-0.1, -0.05) is 68.7 Å². The van der Waals surface area contributed by atoms with Gasteiger partial charge in [0, 0.05) is 0 Å². The first kappa shape index (κ1) is 12.2. The average Bonchev–Trinajstić information content (AvgIpc) is 2.38. The Kier molecular flexibility index (Phi) is 4.19. The predicted octanol–water partition coefficient (Wildman–Crippen LogP) is 5.34. The Labute approximate surface area is 105 Å². The van der Waals surface area contributed by atoms with Crippen molar-refractivity contribution in [3.8, 4) is 0 Å². The zero-order chi connectivity index (χ0) is 12.1. The Morgan fingerprint density at radius 2 is 1.76 bits per heavy atom. The molecule has 2 rings (SSSR count). The molecule has 17 heavy (non-hydrogen) atoms. The van der Waals surface area contributed by atoms with Crippen LogP contribution in [0.2, 0.25) is 0 Å². The summed E-state index contributed by atoms with van der Waals surface area (Å²) in [5.74, 6) is 0.424. The van der Waals surface area contributed by atoms with Crippen molar-refractivity contribution < 1.29 is 0 Å². The van der Waals surface area contributed by atoms with E-state index in [2.05, 4.69) is 56.3 Å². The van der Waals surface area contributed by atoms with E-state index in [0.29, 0.717) is 5.92 Å². The van der Waals surface area contributed by atoms with E-state index < -0.39 is 0 Å². The summed E-state index contributed by atoms with van der Waals surface area (Å²) in [6, 6.07) is 15.2. The fourth-order valence-electron chi connectivity index (χ4n) is 2.40. The van der Waals surface area contributed by atoms with Crippen molar-refractivity contribution in [3.05, 3.63) is 55.0 Å². The third kappa shape index (κ3) is 2.88. The predicted molar refractivity (Wildman–Crippen MR) is 76.2 cm³/mol. The van der Waals surface area contributed by atoms with E-state index in [1.807, 2.05) is 0 Å². The second-order valence-corrected chi connectivity index (χ2v) is 4.76. The quantitative estimate of drug-likeness (QED) is 0.603. The topological polar surface area (TPSA) is 0 Å². The van der Waals surface area contributed by atoms with Gasteiger partial charge in [0.2, 0.25) is 0 Å². The lowest BCUT2D eigenvalue weighted by Gasteiger charge is -2.14. The van der Waals surface area contributed by atoms with Crippen LogP contribution < -0.4 is 0 Å². The maximum absolute atomic E-state index is 4.33. The van der Waals surface area contributed by atoms with E-state index >= 15 is 0 Å². The molecule has 0 nitrogen and oxygen atoms in total. The minimum Gasteiger partial charge on any atom is -0.0654 e. The van der Waals surface area contributed by atoms with Gasteiger partial charge in [-0.3, -0.25) is 0 Å². The molecular weight excluding hydrogens is 204 g/mol. The minimum atomic E-state index is 0.424. The van der Waals surface area contributed by atoms with Gasteiger partial charge in [-0.15, -0.1) is 0 Å². The molecule has 0 bridgehead atoms. The van der Waals surface area contributed by atoms with Crippen molar-refractivity contribution in [2.75, 3.05) is 0 Å². The van der Waals surface area contributed by atoms with Crippen LogP contribution in [0.4, 0.5) is 0 Å². The normalized spacial score (nSPS) is 12.8. The van der Waals surface area contributed by atoms with Gasteiger partial charge in [-0.05, 0) is 35.6 Å². The van der Waals surface area contributed by atoms with Crippen molar-refractivity contribution in [2.24, 2.45) is 0 Å². The number of rotatable bonds is 5. The molecule has 0 aromatic heterocycles. The lowest BCUT2D eigenvalue weighted by Crippen LogP contribution is -1.95. The lowest BCUT2D eigenvalue weighted by molar-refractivity contribution is 0.629. The van der Waals surface area contributed by atoms with Crippen LogP contribution in [0.25, 0.3) is 10.8 Å². The average molecular weight is 225 g/mol. The van der Waals surface area contributed by atoms with Crippen LogP contribution in [0.5, 0.6) is 0 Å². The zero-order valence-electron chi connectivity index (χ0n) is 10.7. The molecule has 1 unspecified atom stereocenters. The molecule has 1 radical (unpaired) electrons. The molecule has 2 aromatic carbocycles. The van der Waals surface area contributed by atoms with Crippen LogP contribution in [0.3, 0.4) is 0 Å². The van der Waals surface area contributed by atoms with Gasteiger partial charge < -0.3 is 0 Å². The SMILES string of the molecule is [CH2]C(CCCCC)c1cccc2ccccc12. The fraction of sp³-hybridized carbons (Fsp3) is 0.353. The minimum absolute atomic E-state index is 0.424. The highest BCUT2D eigenvalue weighted by molar-refractivity contribution is 5.86. The van der Waals surface area contributed by atoms with Crippen LogP contribution in [-0.4, -0.2) is 0 Å². The number of fused-ring (bicyclic) bond motifs is 1. The zero-order valence-corrected chi connectivity index (χ0v) is 10.7. The molecule has 89 valence electrons. The first-order valence-electron chi connectivity index (χ1n) is 6.63. The smallest absolute Gasteiger partial charge is 0.0149 e. The molecule has 1 atom stereocenters. The molecular formula is C17H21. The van der Waals surface area contributed by atoms with E-state index in [-0.39, 0.29) is 0 Å². The molecule has 0 heterocycles. The second kappa shape index (κ2) is 5.86. The van der Waals surface area contributed by atoms with Gasteiger partial charge in [0.25, 0.3) is 0 Å². The molecule has 2 aromatic rings. The van der Waals surface area contributed by atoms with Gasteiger partial charge in [0.05, 0.1) is 0 Å². The standard InChI is InChI=1S/C17H21/c1-3-4-5-9-14(2)16-13-8-11-15-10-6-7-12-17(15)16/h6-8,10-14H,2-5,9H2,1H3. The maximum Gasteiger partial charge on any atom is -0.0149 e. The number of hydrogen-bond acceptors (Lipinski definition) is 0. The number of unbranched alkanes of at least 4 members (excludes halogenated alkanes) is 2. The lowest BCUT2D eigenvalue weighted by atomic mass is 9.91. The van der Waals surface area contributed by atoms with Crippen molar-refractivity contribution in [2.45, 2.75) is 38.5 Å². The highest BCUT2D eigenvalue weighted by atomic mass is 14.1. The maximum atomic E-state index is 4.33. The Bertz CT molecular complexity index is 465. The molecule has 0 aliphatic heterocycles. The molecule has 0 N–H and O–H groups in total. The van der Waals surface area contributed by atoms with Gasteiger partial charge in [0.15, 0.2) is 0 Å². The van der Waals surface area contributed by atoms with Crippen molar-refractivity contribution in [3.63, 3.8) is 0 Å². The summed E-state index contributed by atoms with van der Waals surface area (Å²) in [6.07, 6.45) is 5.08. The van der Waals surface area contributed by atoms with E-state index in [1.165, 1.54) is 42.0 Å². The molecule has 0 saturated carbocycles. The largest absolute Gasteiger partial charge is 0.0654 e. The Balaban J connectivity index is 2.22. The third-order valence-electron chi connectivity index (χ3n) is 3.42. The first-order chi connectivity index (χ1) is 8.33. The number of benzene rings is 2. The van der Waals surface area contributed by atoms with Crippen LogP contribution >= 0.6 is 0 Å². The second-order valence-electron chi connectivity index (χ2n) is 4.76. The van der Waals surface area contributed by atoms with Crippen LogP contribution in [-0.2, 0) is 0 Å². The fourth-order valence-corrected chi connectivity index (χ4v) is 2.40. The van der Waals surface area contributed by atoms with Crippen molar-refractivity contribution in [1.82, 2.24) is 0 Å². The molecule has 0 amide bonds.